The van der Waals surface area contributed by atoms with Crippen molar-refractivity contribution in [1.82, 2.24) is 12.8 Å². The Hall–Kier alpha value is -2.14. The first-order valence-electron chi connectivity index (χ1n) is 13.0. The standard InChI is InChI=1S/C26H38N4O4S2/c1-3-4-5-6-7-13-18-29-21(2)26(35(27,31)32)19-25(29)23-20-30(24-15-10-9-14-22(23)24)36(33,34)28-16-11-8-12-17-28/h9-10,14-15,19-20H,3-8,11-13,16-18H2,1-2H3,(H2,27,31,32). The number of hydrogen-bond donors (Lipinski definition) is 1. The highest BCUT2D eigenvalue weighted by Crippen LogP contribution is 2.36. The van der Waals surface area contributed by atoms with E-state index in [0.29, 0.717) is 42.1 Å². The Kier molecular flexibility index (Phi) is 8.28. The van der Waals surface area contributed by atoms with Gasteiger partial charge in [0.1, 0.15) is 4.90 Å². The first-order valence-corrected chi connectivity index (χ1v) is 15.9. The minimum atomic E-state index is -3.93. The van der Waals surface area contributed by atoms with Crippen molar-refractivity contribution in [1.29, 1.82) is 0 Å². The van der Waals surface area contributed by atoms with Gasteiger partial charge in [-0.2, -0.15) is 12.7 Å². The van der Waals surface area contributed by atoms with Gasteiger partial charge in [-0.15, -0.1) is 0 Å². The first-order chi connectivity index (χ1) is 17.2. The fraction of sp³-hybridized carbons (Fsp3) is 0.538. The van der Waals surface area contributed by atoms with Crippen LogP contribution >= 0.6 is 0 Å². The molecule has 198 valence electrons. The molecule has 0 radical (unpaired) electrons. The summed E-state index contributed by atoms with van der Waals surface area (Å²) in [5.41, 5.74) is 2.53. The molecule has 0 saturated carbocycles. The SMILES string of the molecule is CCCCCCCCn1c(-c2cn(S(=O)(=O)N3CCCCC3)c3ccccc23)cc(S(N)(=O)=O)c1C. The smallest absolute Gasteiger partial charge is 0.307 e. The van der Waals surface area contributed by atoms with E-state index in [1.165, 1.54) is 23.2 Å². The third kappa shape index (κ3) is 5.41. The van der Waals surface area contributed by atoms with Gasteiger partial charge in [0.25, 0.3) is 0 Å². The van der Waals surface area contributed by atoms with Crippen LogP contribution < -0.4 is 5.14 Å². The van der Waals surface area contributed by atoms with E-state index >= 15 is 0 Å². The van der Waals surface area contributed by atoms with Crippen LogP contribution in [0.25, 0.3) is 22.2 Å². The summed E-state index contributed by atoms with van der Waals surface area (Å²) in [5, 5.41) is 6.33. The molecule has 8 nitrogen and oxygen atoms in total. The molecule has 10 heteroatoms. The molecule has 36 heavy (non-hydrogen) atoms. The average Bonchev–Trinajstić information content (AvgIpc) is 3.40. The molecule has 1 saturated heterocycles. The van der Waals surface area contributed by atoms with Gasteiger partial charge in [-0.1, -0.05) is 63.6 Å². The molecule has 1 aliphatic heterocycles. The summed E-state index contributed by atoms with van der Waals surface area (Å²) in [7, 11) is -7.68. The average molecular weight is 535 g/mol. The molecular formula is C26H38N4O4S2. The van der Waals surface area contributed by atoms with E-state index in [4.69, 9.17) is 5.14 Å². The van der Waals surface area contributed by atoms with Crippen LogP contribution in [0, 0.1) is 6.92 Å². The second-order valence-corrected chi connectivity index (χ2v) is 13.1. The largest absolute Gasteiger partial charge is 0.343 e. The first kappa shape index (κ1) is 26.9. The highest BCUT2D eigenvalue weighted by molar-refractivity contribution is 7.89. The molecule has 0 unspecified atom stereocenters. The van der Waals surface area contributed by atoms with Crippen molar-refractivity contribution in [3.05, 3.63) is 42.2 Å². The molecule has 1 fully saturated rings. The lowest BCUT2D eigenvalue weighted by atomic mass is 10.1. The number of benzene rings is 1. The zero-order chi connectivity index (χ0) is 25.9. The van der Waals surface area contributed by atoms with E-state index in [1.807, 2.05) is 22.8 Å². The van der Waals surface area contributed by atoms with E-state index in [-0.39, 0.29) is 4.90 Å². The summed E-state index contributed by atoms with van der Waals surface area (Å²) < 4.78 is 56.9. The maximum Gasteiger partial charge on any atom is 0.307 e. The van der Waals surface area contributed by atoms with Crippen LogP contribution in [0.2, 0.25) is 0 Å². The van der Waals surface area contributed by atoms with Crippen LogP contribution in [0.1, 0.15) is 70.4 Å². The van der Waals surface area contributed by atoms with Gasteiger partial charge in [-0.05, 0) is 38.3 Å². The van der Waals surface area contributed by atoms with E-state index in [9.17, 15) is 16.8 Å². The van der Waals surface area contributed by atoms with Gasteiger partial charge >= 0.3 is 10.2 Å². The number of aromatic nitrogens is 2. The number of primary sulfonamides is 1. The molecule has 1 aromatic carbocycles. The van der Waals surface area contributed by atoms with E-state index in [2.05, 4.69) is 6.92 Å². The van der Waals surface area contributed by atoms with Crippen molar-refractivity contribution in [2.24, 2.45) is 5.14 Å². The number of fused-ring (bicyclic) bond motifs is 1. The molecule has 2 N–H and O–H groups in total. The molecule has 0 amide bonds. The molecular weight excluding hydrogens is 496 g/mol. The molecule has 3 aromatic rings. The summed E-state index contributed by atoms with van der Waals surface area (Å²) in [6, 6.07) is 8.99. The number of piperidine rings is 1. The van der Waals surface area contributed by atoms with Crippen LogP contribution in [0.15, 0.2) is 41.4 Å². The molecule has 4 rings (SSSR count). The van der Waals surface area contributed by atoms with Crippen molar-refractivity contribution in [2.75, 3.05) is 13.1 Å². The summed E-state index contributed by atoms with van der Waals surface area (Å²) >= 11 is 0. The second kappa shape index (κ2) is 11.1. The van der Waals surface area contributed by atoms with Crippen LogP contribution in [0.3, 0.4) is 0 Å². The van der Waals surface area contributed by atoms with E-state index in [0.717, 1.165) is 43.9 Å². The quantitative estimate of drug-likeness (QED) is 0.349. The van der Waals surface area contributed by atoms with Crippen molar-refractivity contribution in [3.63, 3.8) is 0 Å². The third-order valence-electron chi connectivity index (χ3n) is 7.21. The van der Waals surface area contributed by atoms with Crippen LogP contribution in [-0.2, 0) is 26.8 Å². The predicted molar refractivity (Wildman–Crippen MR) is 145 cm³/mol. The third-order valence-corrected chi connectivity index (χ3v) is 10.0. The lowest BCUT2D eigenvalue weighted by Crippen LogP contribution is -2.38. The van der Waals surface area contributed by atoms with Crippen molar-refractivity contribution < 1.29 is 16.8 Å². The predicted octanol–water partition coefficient (Wildman–Crippen LogP) is 5.00. The summed E-state index contributed by atoms with van der Waals surface area (Å²) in [6.07, 6.45) is 11.1. The van der Waals surface area contributed by atoms with Gasteiger partial charge in [0.2, 0.25) is 10.0 Å². The van der Waals surface area contributed by atoms with Crippen LogP contribution in [0.5, 0.6) is 0 Å². The van der Waals surface area contributed by atoms with Crippen molar-refractivity contribution in [3.8, 4) is 11.3 Å². The molecule has 1 aliphatic rings. The number of unbranched alkanes of at least 4 members (excludes halogenated alkanes) is 5. The number of sulfonamides is 1. The minimum Gasteiger partial charge on any atom is -0.343 e. The molecule has 0 bridgehead atoms. The fourth-order valence-electron chi connectivity index (χ4n) is 5.23. The highest BCUT2D eigenvalue weighted by Gasteiger charge is 2.29. The fourth-order valence-corrected chi connectivity index (χ4v) is 7.65. The minimum absolute atomic E-state index is 0.0826. The Morgan fingerprint density at radius 3 is 2.28 bits per heavy atom. The van der Waals surface area contributed by atoms with Crippen LogP contribution in [0.4, 0.5) is 0 Å². The van der Waals surface area contributed by atoms with Gasteiger partial charge in [-0.3, -0.25) is 0 Å². The Bertz CT molecular complexity index is 1420. The second-order valence-electron chi connectivity index (χ2n) is 9.77. The monoisotopic (exact) mass is 534 g/mol. The Labute approximate surface area is 215 Å². The summed E-state index contributed by atoms with van der Waals surface area (Å²) in [4.78, 5) is 0.0826. The maximum absolute atomic E-state index is 13.6. The number of nitrogens with zero attached hydrogens (tertiary/aromatic N) is 3. The Morgan fingerprint density at radius 2 is 1.58 bits per heavy atom. The Morgan fingerprint density at radius 1 is 0.917 bits per heavy atom. The lowest BCUT2D eigenvalue weighted by Gasteiger charge is -2.26. The number of rotatable bonds is 11. The van der Waals surface area contributed by atoms with Crippen molar-refractivity contribution >= 4 is 31.1 Å². The number of hydrogen-bond acceptors (Lipinski definition) is 4. The normalized spacial score (nSPS) is 15.6. The lowest BCUT2D eigenvalue weighted by molar-refractivity contribution is 0.343. The van der Waals surface area contributed by atoms with Gasteiger partial charge in [0, 0.05) is 42.5 Å². The molecule has 0 spiro atoms. The molecule has 2 aromatic heterocycles. The van der Waals surface area contributed by atoms with E-state index < -0.39 is 20.2 Å². The Balaban J connectivity index is 1.80. The number of nitrogens with two attached hydrogens (primary N) is 1. The number of para-hydroxylation sites is 1. The van der Waals surface area contributed by atoms with Crippen LogP contribution in [-0.4, -0.2) is 42.8 Å². The van der Waals surface area contributed by atoms with Gasteiger partial charge in [0.05, 0.1) is 11.2 Å². The van der Waals surface area contributed by atoms with Gasteiger partial charge < -0.3 is 4.57 Å². The summed E-state index contributed by atoms with van der Waals surface area (Å²) in [5.74, 6) is 0. The topological polar surface area (TPSA) is 107 Å². The van der Waals surface area contributed by atoms with Crippen molar-refractivity contribution in [2.45, 2.75) is 83.1 Å². The van der Waals surface area contributed by atoms with Gasteiger partial charge in [-0.25, -0.2) is 17.5 Å². The zero-order valence-electron chi connectivity index (χ0n) is 21.3. The molecule has 0 aliphatic carbocycles. The van der Waals surface area contributed by atoms with E-state index in [1.54, 1.807) is 29.6 Å². The molecule has 0 atom stereocenters. The maximum atomic E-state index is 13.6. The highest BCUT2D eigenvalue weighted by atomic mass is 32.2. The molecule has 3 heterocycles. The van der Waals surface area contributed by atoms with Gasteiger partial charge in [0.15, 0.2) is 0 Å². The summed E-state index contributed by atoms with van der Waals surface area (Å²) in [6.45, 7) is 5.61. The zero-order valence-corrected chi connectivity index (χ0v) is 23.0.